The van der Waals surface area contributed by atoms with Crippen molar-refractivity contribution in [1.82, 2.24) is 19.9 Å². The fourth-order valence-corrected chi connectivity index (χ4v) is 3.56. The number of imidazole rings is 1. The van der Waals surface area contributed by atoms with Gasteiger partial charge in [0.1, 0.15) is 11.3 Å². The summed E-state index contributed by atoms with van der Waals surface area (Å²) in [6, 6.07) is 4.20. The number of rotatable bonds is 7. The molecule has 2 aromatic rings. The number of fused-ring (bicyclic) bond motifs is 1. The average Bonchev–Trinajstić information content (AvgIpc) is 2.77. The zero-order chi connectivity index (χ0) is 17.5. The molecule has 136 valence electrons. The van der Waals surface area contributed by atoms with Crippen molar-refractivity contribution in [2.75, 3.05) is 13.7 Å². The van der Waals surface area contributed by atoms with E-state index in [4.69, 9.17) is 4.74 Å². The predicted octanol–water partition coefficient (Wildman–Crippen LogP) is 2.85. The van der Waals surface area contributed by atoms with Gasteiger partial charge in [-0.3, -0.25) is 4.79 Å². The van der Waals surface area contributed by atoms with Crippen molar-refractivity contribution in [2.45, 2.75) is 64.0 Å². The summed E-state index contributed by atoms with van der Waals surface area (Å²) < 4.78 is 7.27. The Kier molecular flexibility index (Phi) is 6.39. The molecular formula is C19H28N4O2. The van der Waals surface area contributed by atoms with Crippen LogP contribution in [0.3, 0.4) is 0 Å². The Labute approximate surface area is 149 Å². The highest BCUT2D eigenvalue weighted by atomic mass is 16.5. The lowest BCUT2D eigenvalue weighted by Crippen LogP contribution is -2.34. The van der Waals surface area contributed by atoms with E-state index in [2.05, 4.69) is 19.9 Å². The van der Waals surface area contributed by atoms with E-state index in [-0.39, 0.29) is 5.91 Å². The van der Waals surface area contributed by atoms with Gasteiger partial charge in [-0.05, 0) is 25.0 Å². The lowest BCUT2D eigenvalue weighted by Gasteiger charge is -2.16. The quantitative estimate of drug-likeness (QED) is 0.784. The number of carbonyl (C=O) groups is 1. The van der Waals surface area contributed by atoms with Crippen LogP contribution in [-0.4, -0.2) is 40.2 Å². The van der Waals surface area contributed by atoms with Gasteiger partial charge in [0.15, 0.2) is 5.65 Å². The molecule has 0 aliphatic heterocycles. The molecule has 1 N–H and O–H groups in total. The maximum Gasteiger partial charge on any atom is 0.220 e. The van der Waals surface area contributed by atoms with Crippen LogP contribution in [0.4, 0.5) is 0 Å². The Morgan fingerprint density at radius 2 is 2.12 bits per heavy atom. The van der Waals surface area contributed by atoms with E-state index in [0.29, 0.717) is 32.0 Å². The number of aromatic nitrogens is 3. The van der Waals surface area contributed by atoms with E-state index in [0.717, 1.165) is 29.8 Å². The van der Waals surface area contributed by atoms with E-state index in [9.17, 15) is 4.79 Å². The highest BCUT2D eigenvalue weighted by molar-refractivity contribution is 5.77. The number of carbonyl (C=O) groups excluding carboxylic acids is 1. The molecule has 6 heteroatoms. The Hall–Kier alpha value is -1.95. The smallest absolute Gasteiger partial charge is 0.220 e. The minimum atomic E-state index is 0.130. The maximum atomic E-state index is 12.3. The van der Waals surface area contributed by atoms with Gasteiger partial charge in [0.25, 0.3) is 0 Å². The molecule has 1 fully saturated rings. The van der Waals surface area contributed by atoms with Gasteiger partial charge in [0.05, 0.1) is 6.61 Å². The van der Waals surface area contributed by atoms with Crippen LogP contribution in [-0.2, 0) is 22.5 Å². The number of methoxy groups -OCH3 is 1. The molecule has 0 saturated heterocycles. The molecule has 0 unspecified atom stereocenters. The molecule has 6 nitrogen and oxygen atoms in total. The van der Waals surface area contributed by atoms with Crippen LogP contribution in [0.15, 0.2) is 18.3 Å². The molecule has 1 aliphatic rings. The second-order valence-electron chi connectivity index (χ2n) is 6.77. The Morgan fingerprint density at radius 1 is 1.32 bits per heavy atom. The van der Waals surface area contributed by atoms with Gasteiger partial charge < -0.3 is 14.6 Å². The van der Waals surface area contributed by atoms with Gasteiger partial charge in [-0.1, -0.05) is 25.7 Å². The standard InChI is InChI=1S/C19H28N4O2/c1-25-14-13-23-17(22-16-9-6-12-20-19(16)23)10-11-18(24)21-15-7-4-2-3-5-8-15/h6,9,12,15H,2-5,7-8,10-11,13-14H2,1H3,(H,21,24). The van der Waals surface area contributed by atoms with Crippen LogP contribution < -0.4 is 5.32 Å². The SMILES string of the molecule is COCCn1c(CCC(=O)NC2CCCCCC2)nc2cccnc21. The summed E-state index contributed by atoms with van der Waals surface area (Å²) in [6.45, 7) is 1.30. The molecule has 25 heavy (non-hydrogen) atoms. The monoisotopic (exact) mass is 344 g/mol. The third kappa shape index (κ3) is 4.78. The van der Waals surface area contributed by atoms with Crippen molar-refractivity contribution in [3.63, 3.8) is 0 Å². The van der Waals surface area contributed by atoms with Crippen LogP contribution in [0, 0.1) is 0 Å². The Bertz CT molecular complexity index is 690. The number of hydrogen-bond acceptors (Lipinski definition) is 4. The number of pyridine rings is 1. The summed E-state index contributed by atoms with van der Waals surface area (Å²) in [5.74, 6) is 1.03. The Morgan fingerprint density at radius 3 is 2.88 bits per heavy atom. The van der Waals surface area contributed by atoms with E-state index < -0.39 is 0 Å². The van der Waals surface area contributed by atoms with Crippen molar-refractivity contribution < 1.29 is 9.53 Å². The van der Waals surface area contributed by atoms with E-state index in [1.54, 1.807) is 13.3 Å². The average molecular weight is 344 g/mol. The maximum absolute atomic E-state index is 12.3. The fraction of sp³-hybridized carbons (Fsp3) is 0.632. The van der Waals surface area contributed by atoms with Gasteiger partial charge >= 0.3 is 0 Å². The molecule has 0 radical (unpaired) electrons. The first-order chi connectivity index (χ1) is 12.3. The first-order valence-electron chi connectivity index (χ1n) is 9.36. The number of nitrogens with zero attached hydrogens (tertiary/aromatic N) is 3. The second kappa shape index (κ2) is 8.94. The number of hydrogen-bond donors (Lipinski definition) is 1. The van der Waals surface area contributed by atoms with Crippen LogP contribution in [0.1, 0.15) is 50.8 Å². The molecule has 0 atom stereocenters. The number of ether oxygens (including phenoxy) is 1. The summed E-state index contributed by atoms with van der Waals surface area (Å²) in [5, 5.41) is 3.21. The van der Waals surface area contributed by atoms with Crippen LogP contribution in [0.5, 0.6) is 0 Å². The normalized spacial score (nSPS) is 16.0. The number of amides is 1. The highest BCUT2D eigenvalue weighted by Crippen LogP contribution is 2.18. The van der Waals surface area contributed by atoms with Gasteiger partial charge in [-0.15, -0.1) is 0 Å². The molecular weight excluding hydrogens is 316 g/mol. The zero-order valence-electron chi connectivity index (χ0n) is 15.0. The summed E-state index contributed by atoms with van der Waals surface area (Å²) >= 11 is 0. The van der Waals surface area contributed by atoms with Crippen LogP contribution in [0.2, 0.25) is 0 Å². The predicted molar refractivity (Wildman–Crippen MR) is 97.4 cm³/mol. The van der Waals surface area contributed by atoms with Crippen molar-refractivity contribution >= 4 is 17.1 Å². The van der Waals surface area contributed by atoms with Gasteiger partial charge in [0.2, 0.25) is 5.91 Å². The molecule has 1 amide bonds. The van der Waals surface area contributed by atoms with E-state index in [1.165, 1.54) is 25.7 Å². The number of nitrogens with one attached hydrogen (secondary N) is 1. The molecule has 3 rings (SSSR count). The van der Waals surface area contributed by atoms with Gasteiger partial charge in [0, 0.05) is 38.7 Å². The highest BCUT2D eigenvalue weighted by Gasteiger charge is 2.16. The fourth-order valence-electron chi connectivity index (χ4n) is 3.56. The van der Waals surface area contributed by atoms with Crippen molar-refractivity contribution in [3.8, 4) is 0 Å². The minimum absolute atomic E-state index is 0.130. The lowest BCUT2D eigenvalue weighted by molar-refractivity contribution is -0.121. The summed E-state index contributed by atoms with van der Waals surface area (Å²) in [6.07, 6.45) is 10.1. The first-order valence-corrected chi connectivity index (χ1v) is 9.36. The molecule has 2 heterocycles. The van der Waals surface area contributed by atoms with Crippen molar-refractivity contribution in [1.29, 1.82) is 0 Å². The molecule has 0 bridgehead atoms. The van der Waals surface area contributed by atoms with Crippen LogP contribution >= 0.6 is 0 Å². The first kappa shape index (κ1) is 17.9. The third-order valence-electron chi connectivity index (χ3n) is 4.90. The Balaban J connectivity index is 1.62. The van der Waals surface area contributed by atoms with Gasteiger partial charge in [-0.2, -0.15) is 0 Å². The molecule has 0 spiro atoms. The van der Waals surface area contributed by atoms with Crippen molar-refractivity contribution in [2.24, 2.45) is 0 Å². The largest absolute Gasteiger partial charge is 0.383 e. The molecule has 2 aromatic heterocycles. The molecule has 1 aliphatic carbocycles. The zero-order valence-corrected chi connectivity index (χ0v) is 15.0. The summed E-state index contributed by atoms with van der Waals surface area (Å²) in [4.78, 5) is 21.4. The van der Waals surface area contributed by atoms with E-state index in [1.807, 2.05) is 12.1 Å². The number of aryl methyl sites for hydroxylation is 1. The third-order valence-corrected chi connectivity index (χ3v) is 4.90. The molecule has 0 aromatic carbocycles. The minimum Gasteiger partial charge on any atom is -0.383 e. The lowest BCUT2D eigenvalue weighted by atomic mass is 10.1. The van der Waals surface area contributed by atoms with Crippen molar-refractivity contribution in [3.05, 3.63) is 24.2 Å². The second-order valence-corrected chi connectivity index (χ2v) is 6.77. The van der Waals surface area contributed by atoms with Crippen LogP contribution in [0.25, 0.3) is 11.2 Å². The summed E-state index contributed by atoms with van der Waals surface area (Å²) in [7, 11) is 1.69. The van der Waals surface area contributed by atoms with E-state index >= 15 is 0 Å². The summed E-state index contributed by atoms with van der Waals surface area (Å²) in [5.41, 5.74) is 1.73. The van der Waals surface area contributed by atoms with Gasteiger partial charge in [-0.25, -0.2) is 9.97 Å². The topological polar surface area (TPSA) is 69.0 Å². The molecule has 1 saturated carbocycles.